The van der Waals surface area contributed by atoms with Crippen molar-refractivity contribution in [2.75, 3.05) is 20.1 Å². The SMILES string of the molecule is CNC1(CC(=O)NC2CCN3CCCCC23)CCCCC1. The Bertz CT molecular complexity index is 365. The van der Waals surface area contributed by atoms with Crippen LogP contribution in [0.4, 0.5) is 0 Å². The Morgan fingerprint density at radius 2 is 1.90 bits per heavy atom. The van der Waals surface area contributed by atoms with E-state index in [0.717, 1.165) is 19.3 Å². The highest BCUT2D eigenvalue weighted by atomic mass is 16.1. The van der Waals surface area contributed by atoms with Crippen LogP contribution in [-0.4, -0.2) is 48.6 Å². The fraction of sp³-hybridized carbons (Fsp3) is 0.941. The second-order valence-electron chi connectivity index (χ2n) is 7.33. The number of hydrogen-bond donors (Lipinski definition) is 2. The number of piperidine rings is 1. The second-order valence-corrected chi connectivity index (χ2v) is 7.33. The molecule has 1 amide bonds. The molecule has 4 nitrogen and oxygen atoms in total. The number of carbonyl (C=O) groups excluding carboxylic acids is 1. The molecule has 120 valence electrons. The molecule has 0 bridgehead atoms. The van der Waals surface area contributed by atoms with E-state index < -0.39 is 0 Å². The van der Waals surface area contributed by atoms with E-state index in [2.05, 4.69) is 15.5 Å². The van der Waals surface area contributed by atoms with E-state index in [1.54, 1.807) is 0 Å². The third-order valence-electron chi connectivity index (χ3n) is 6.04. The van der Waals surface area contributed by atoms with Crippen molar-refractivity contribution < 1.29 is 4.79 Å². The highest BCUT2D eigenvalue weighted by molar-refractivity contribution is 5.77. The fourth-order valence-electron chi connectivity index (χ4n) is 4.72. The van der Waals surface area contributed by atoms with E-state index in [-0.39, 0.29) is 11.4 Å². The van der Waals surface area contributed by atoms with Crippen molar-refractivity contribution in [2.45, 2.75) is 81.8 Å². The summed E-state index contributed by atoms with van der Waals surface area (Å²) in [5.41, 5.74) is 0.0627. The van der Waals surface area contributed by atoms with E-state index in [4.69, 9.17) is 0 Å². The van der Waals surface area contributed by atoms with Crippen LogP contribution >= 0.6 is 0 Å². The lowest BCUT2D eigenvalue weighted by molar-refractivity contribution is -0.123. The molecular formula is C17H31N3O. The summed E-state index contributed by atoms with van der Waals surface area (Å²) in [7, 11) is 2.02. The van der Waals surface area contributed by atoms with Crippen molar-refractivity contribution in [3.8, 4) is 0 Å². The van der Waals surface area contributed by atoms with Crippen LogP contribution in [0, 0.1) is 0 Å². The molecule has 3 aliphatic rings. The summed E-state index contributed by atoms with van der Waals surface area (Å²) in [5.74, 6) is 0.267. The van der Waals surface area contributed by atoms with Gasteiger partial charge in [0.1, 0.15) is 0 Å². The Kier molecular flexibility index (Phi) is 4.85. The molecule has 0 aromatic rings. The largest absolute Gasteiger partial charge is 0.352 e. The Labute approximate surface area is 129 Å². The molecular weight excluding hydrogens is 262 g/mol. The maximum absolute atomic E-state index is 12.5. The lowest BCUT2D eigenvalue weighted by Gasteiger charge is -2.37. The monoisotopic (exact) mass is 293 g/mol. The highest BCUT2D eigenvalue weighted by Gasteiger charge is 2.38. The first-order chi connectivity index (χ1) is 10.2. The van der Waals surface area contributed by atoms with Crippen molar-refractivity contribution in [1.82, 2.24) is 15.5 Å². The number of amides is 1. The maximum atomic E-state index is 12.5. The minimum atomic E-state index is 0.0627. The average Bonchev–Trinajstić information content (AvgIpc) is 2.91. The van der Waals surface area contributed by atoms with Crippen molar-refractivity contribution in [2.24, 2.45) is 0 Å². The van der Waals surface area contributed by atoms with Crippen molar-refractivity contribution in [3.05, 3.63) is 0 Å². The molecule has 2 unspecified atom stereocenters. The average molecular weight is 293 g/mol. The fourth-order valence-corrected chi connectivity index (χ4v) is 4.72. The molecule has 2 atom stereocenters. The van der Waals surface area contributed by atoms with Crippen LogP contribution in [0.2, 0.25) is 0 Å². The number of fused-ring (bicyclic) bond motifs is 1. The summed E-state index contributed by atoms with van der Waals surface area (Å²) in [6.45, 7) is 2.41. The Morgan fingerprint density at radius 3 is 2.67 bits per heavy atom. The lowest BCUT2D eigenvalue weighted by atomic mass is 9.79. The van der Waals surface area contributed by atoms with Gasteiger partial charge in [-0.1, -0.05) is 25.7 Å². The standard InChI is InChI=1S/C17H31N3O/c1-18-17(9-4-2-5-10-17)13-16(21)19-14-8-12-20-11-6-3-7-15(14)20/h14-15,18H,2-13H2,1H3,(H,19,21). The van der Waals surface area contributed by atoms with E-state index in [1.807, 2.05) is 7.05 Å². The van der Waals surface area contributed by atoms with Crippen LogP contribution in [0.1, 0.15) is 64.2 Å². The first-order valence-corrected chi connectivity index (χ1v) is 8.95. The Balaban J connectivity index is 1.53. The van der Waals surface area contributed by atoms with Crippen LogP contribution in [0.25, 0.3) is 0 Å². The van der Waals surface area contributed by atoms with Gasteiger partial charge in [-0.05, 0) is 45.7 Å². The molecule has 4 heteroatoms. The predicted octanol–water partition coefficient (Wildman–Crippen LogP) is 2.04. The highest BCUT2D eigenvalue weighted by Crippen LogP contribution is 2.31. The van der Waals surface area contributed by atoms with Crippen LogP contribution in [0.3, 0.4) is 0 Å². The van der Waals surface area contributed by atoms with E-state index >= 15 is 0 Å². The number of carbonyl (C=O) groups is 1. The van der Waals surface area contributed by atoms with E-state index in [9.17, 15) is 4.79 Å². The number of hydrogen-bond acceptors (Lipinski definition) is 3. The molecule has 2 aliphatic heterocycles. The molecule has 2 N–H and O–H groups in total. The molecule has 3 rings (SSSR count). The summed E-state index contributed by atoms with van der Waals surface area (Å²) >= 11 is 0. The van der Waals surface area contributed by atoms with Gasteiger partial charge >= 0.3 is 0 Å². The van der Waals surface area contributed by atoms with Crippen molar-refractivity contribution in [3.63, 3.8) is 0 Å². The zero-order valence-corrected chi connectivity index (χ0v) is 13.5. The topological polar surface area (TPSA) is 44.4 Å². The minimum absolute atomic E-state index is 0.0627. The zero-order chi connectivity index (χ0) is 14.7. The normalized spacial score (nSPS) is 32.6. The van der Waals surface area contributed by atoms with Gasteiger partial charge in [0.15, 0.2) is 0 Å². The number of nitrogens with one attached hydrogen (secondary N) is 2. The van der Waals surface area contributed by atoms with Gasteiger partial charge in [0.05, 0.1) is 0 Å². The third kappa shape index (κ3) is 3.42. The van der Waals surface area contributed by atoms with Gasteiger partial charge in [0.2, 0.25) is 5.91 Å². The molecule has 1 saturated carbocycles. The lowest BCUT2D eigenvalue weighted by Crippen LogP contribution is -2.51. The smallest absolute Gasteiger partial charge is 0.222 e. The van der Waals surface area contributed by atoms with Crippen LogP contribution in [0.15, 0.2) is 0 Å². The first-order valence-electron chi connectivity index (χ1n) is 8.95. The van der Waals surface area contributed by atoms with Crippen LogP contribution in [-0.2, 0) is 4.79 Å². The summed E-state index contributed by atoms with van der Waals surface area (Å²) in [4.78, 5) is 15.1. The van der Waals surface area contributed by atoms with Gasteiger partial charge in [-0.3, -0.25) is 9.69 Å². The van der Waals surface area contributed by atoms with Crippen LogP contribution < -0.4 is 10.6 Å². The van der Waals surface area contributed by atoms with Gasteiger partial charge in [0, 0.05) is 30.6 Å². The van der Waals surface area contributed by atoms with Gasteiger partial charge < -0.3 is 10.6 Å². The Hall–Kier alpha value is -0.610. The third-order valence-corrected chi connectivity index (χ3v) is 6.04. The molecule has 0 aromatic carbocycles. The number of nitrogens with zero attached hydrogens (tertiary/aromatic N) is 1. The van der Waals surface area contributed by atoms with Gasteiger partial charge in [-0.25, -0.2) is 0 Å². The second kappa shape index (κ2) is 6.66. The van der Waals surface area contributed by atoms with Crippen LogP contribution in [0.5, 0.6) is 0 Å². The summed E-state index contributed by atoms with van der Waals surface area (Å²) in [6.07, 6.45) is 11.9. The molecule has 2 saturated heterocycles. The van der Waals surface area contributed by atoms with Gasteiger partial charge in [0.25, 0.3) is 0 Å². The minimum Gasteiger partial charge on any atom is -0.352 e. The molecule has 1 aliphatic carbocycles. The molecule has 0 aromatic heterocycles. The summed E-state index contributed by atoms with van der Waals surface area (Å²) < 4.78 is 0. The van der Waals surface area contributed by atoms with Gasteiger partial charge in [-0.15, -0.1) is 0 Å². The first kappa shape index (κ1) is 15.3. The Morgan fingerprint density at radius 1 is 1.10 bits per heavy atom. The van der Waals surface area contributed by atoms with Crippen molar-refractivity contribution >= 4 is 5.91 Å². The molecule has 0 radical (unpaired) electrons. The van der Waals surface area contributed by atoms with Crippen molar-refractivity contribution in [1.29, 1.82) is 0 Å². The molecule has 0 spiro atoms. The molecule has 21 heavy (non-hydrogen) atoms. The van der Waals surface area contributed by atoms with E-state index in [1.165, 1.54) is 51.6 Å². The summed E-state index contributed by atoms with van der Waals surface area (Å²) in [5, 5.41) is 6.82. The molecule has 2 heterocycles. The quantitative estimate of drug-likeness (QED) is 0.834. The zero-order valence-electron chi connectivity index (χ0n) is 13.5. The summed E-state index contributed by atoms with van der Waals surface area (Å²) in [6, 6.07) is 1.01. The molecule has 3 fully saturated rings. The number of rotatable bonds is 4. The van der Waals surface area contributed by atoms with E-state index in [0.29, 0.717) is 18.5 Å². The maximum Gasteiger partial charge on any atom is 0.222 e. The predicted molar refractivity (Wildman–Crippen MR) is 85.3 cm³/mol. The van der Waals surface area contributed by atoms with Gasteiger partial charge in [-0.2, -0.15) is 0 Å².